The van der Waals surface area contributed by atoms with E-state index in [2.05, 4.69) is 5.32 Å². The highest BCUT2D eigenvalue weighted by Gasteiger charge is 2.38. The van der Waals surface area contributed by atoms with Crippen molar-refractivity contribution in [3.05, 3.63) is 29.0 Å². The zero-order valence-corrected chi connectivity index (χ0v) is 11.7. The summed E-state index contributed by atoms with van der Waals surface area (Å²) in [6.45, 7) is -1.11. The minimum Gasteiger partial charge on any atom is -0.382 e. The third-order valence-corrected chi connectivity index (χ3v) is 2.77. The maximum absolute atomic E-state index is 12.9. The normalized spacial score (nSPS) is 13.3. The lowest BCUT2D eigenvalue weighted by atomic mass is 10.3. The van der Waals surface area contributed by atoms with Gasteiger partial charge in [-0.15, -0.1) is 0 Å². The Balaban J connectivity index is 2.51. The molecule has 0 saturated heterocycles. The van der Waals surface area contributed by atoms with E-state index in [0.29, 0.717) is 0 Å². The first kappa shape index (κ1) is 17.7. The molecule has 0 aliphatic rings. The van der Waals surface area contributed by atoms with Crippen molar-refractivity contribution in [1.82, 2.24) is 4.90 Å². The van der Waals surface area contributed by atoms with E-state index < -0.39 is 30.5 Å². The standard InChI is InChI=1S/C12H13ClF4N2O2/c1-19(5-10(20)12(15,16)17)6-11(21)18-7-2-3-9(14)8(13)4-7/h2-4,10,20H,5-6H2,1H3,(H,18,21). The fourth-order valence-electron chi connectivity index (χ4n) is 1.48. The maximum Gasteiger partial charge on any atom is 0.415 e. The number of amides is 1. The van der Waals surface area contributed by atoms with E-state index in [1.54, 1.807) is 0 Å². The van der Waals surface area contributed by atoms with Crippen molar-refractivity contribution < 1.29 is 27.5 Å². The Labute approximate surface area is 123 Å². The van der Waals surface area contributed by atoms with E-state index in [1.165, 1.54) is 19.2 Å². The molecule has 1 amide bonds. The van der Waals surface area contributed by atoms with E-state index in [9.17, 15) is 22.4 Å². The van der Waals surface area contributed by atoms with Crippen LogP contribution in [-0.2, 0) is 4.79 Å². The van der Waals surface area contributed by atoms with Crippen molar-refractivity contribution >= 4 is 23.2 Å². The molecule has 118 valence electrons. The fraction of sp³-hybridized carbons (Fsp3) is 0.417. The van der Waals surface area contributed by atoms with Gasteiger partial charge < -0.3 is 10.4 Å². The van der Waals surface area contributed by atoms with Crippen LogP contribution >= 0.6 is 11.6 Å². The Morgan fingerprint density at radius 1 is 1.48 bits per heavy atom. The lowest BCUT2D eigenvalue weighted by molar-refractivity contribution is -0.207. The van der Waals surface area contributed by atoms with E-state index >= 15 is 0 Å². The van der Waals surface area contributed by atoms with Gasteiger partial charge in [0.05, 0.1) is 11.6 Å². The van der Waals surface area contributed by atoms with Crippen molar-refractivity contribution in [2.45, 2.75) is 12.3 Å². The predicted molar refractivity (Wildman–Crippen MR) is 69.6 cm³/mol. The van der Waals surface area contributed by atoms with Crippen molar-refractivity contribution in [3.8, 4) is 0 Å². The van der Waals surface area contributed by atoms with Gasteiger partial charge in [-0.1, -0.05) is 11.6 Å². The lowest BCUT2D eigenvalue weighted by Gasteiger charge is -2.21. The van der Waals surface area contributed by atoms with Gasteiger partial charge in [0.25, 0.3) is 0 Å². The van der Waals surface area contributed by atoms with E-state index in [4.69, 9.17) is 16.7 Å². The molecule has 1 aromatic carbocycles. The SMILES string of the molecule is CN(CC(=O)Nc1ccc(F)c(Cl)c1)CC(O)C(F)(F)F. The Morgan fingerprint density at radius 2 is 2.10 bits per heavy atom. The summed E-state index contributed by atoms with van der Waals surface area (Å²) in [4.78, 5) is 12.6. The maximum atomic E-state index is 12.9. The quantitative estimate of drug-likeness (QED) is 0.815. The number of nitrogens with zero attached hydrogens (tertiary/aromatic N) is 1. The first-order valence-electron chi connectivity index (χ1n) is 5.78. The molecule has 0 aromatic heterocycles. The summed E-state index contributed by atoms with van der Waals surface area (Å²) < 4.78 is 49.4. The average molecular weight is 329 g/mol. The molecule has 4 nitrogen and oxygen atoms in total. The molecule has 0 aliphatic carbocycles. The van der Waals surface area contributed by atoms with Crippen molar-refractivity contribution in [2.75, 3.05) is 25.5 Å². The summed E-state index contributed by atoms with van der Waals surface area (Å²) in [6.07, 6.45) is -7.27. The van der Waals surface area contributed by atoms with Gasteiger partial charge in [-0.3, -0.25) is 9.69 Å². The monoisotopic (exact) mass is 328 g/mol. The number of halogens is 5. The highest BCUT2D eigenvalue weighted by molar-refractivity contribution is 6.31. The number of alkyl halides is 3. The number of anilines is 1. The summed E-state index contributed by atoms with van der Waals surface area (Å²) in [5.74, 6) is -1.27. The number of carbonyl (C=O) groups excluding carboxylic acids is 1. The molecule has 0 radical (unpaired) electrons. The second-order valence-electron chi connectivity index (χ2n) is 4.43. The summed E-state index contributed by atoms with van der Waals surface area (Å²) >= 11 is 5.53. The number of hydrogen-bond acceptors (Lipinski definition) is 3. The fourth-order valence-corrected chi connectivity index (χ4v) is 1.66. The summed E-state index contributed by atoms with van der Waals surface area (Å²) in [7, 11) is 1.26. The third kappa shape index (κ3) is 5.86. The zero-order chi connectivity index (χ0) is 16.2. The lowest BCUT2D eigenvalue weighted by Crippen LogP contribution is -2.42. The van der Waals surface area contributed by atoms with Crippen molar-refractivity contribution in [3.63, 3.8) is 0 Å². The van der Waals surface area contributed by atoms with Crippen molar-refractivity contribution in [1.29, 1.82) is 0 Å². The highest BCUT2D eigenvalue weighted by Crippen LogP contribution is 2.21. The molecule has 0 fully saturated rings. The van der Waals surface area contributed by atoms with Crippen LogP contribution in [0.3, 0.4) is 0 Å². The van der Waals surface area contributed by atoms with Gasteiger partial charge in [0, 0.05) is 12.2 Å². The first-order valence-corrected chi connectivity index (χ1v) is 6.15. The molecule has 1 unspecified atom stereocenters. The van der Waals surface area contributed by atoms with Gasteiger partial charge in [0.1, 0.15) is 5.82 Å². The van der Waals surface area contributed by atoms with Gasteiger partial charge in [-0.25, -0.2) is 4.39 Å². The van der Waals surface area contributed by atoms with E-state index in [-0.39, 0.29) is 17.3 Å². The van der Waals surface area contributed by atoms with Gasteiger partial charge in [0.2, 0.25) is 5.91 Å². The Kier molecular flexibility index (Phi) is 5.94. The number of aliphatic hydroxyl groups excluding tert-OH is 1. The molecule has 9 heteroatoms. The molecule has 0 aliphatic heterocycles. The number of benzene rings is 1. The van der Waals surface area contributed by atoms with Crippen LogP contribution in [0.4, 0.5) is 23.2 Å². The first-order chi connectivity index (χ1) is 9.59. The van der Waals surface area contributed by atoms with Crippen LogP contribution in [0.1, 0.15) is 0 Å². The number of hydrogen-bond donors (Lipinski definition) is 2. The molecule has 0 bridgehead atoms. The largest absolute Gasteiger partial charge is 0.415 e. The molecule has 1 aromatic rings. The Bertz CT molecular complexity index is 511. The summed E-state index contributed by atoms with van der Waals surface area (Å²) in [6, 6.07) is 3.50. The number of rotatable bonds is 5. The Morgan fingerprint density at radius 3 is 2.62 bits per heavy atom. The Hall–Kier alpha value is -1.38. The second kappa shape index (κ2) is 7.06. The van der Waals surface area contributed by atoms with Gasteiger partial charge in [-0.2, -0.15) is 13.2 Å². The van der Waals surface area contributed by atoms with E-state index in [0.717, 1.165) is 11.0 Å². The molecule has 0 spiro atoms. The smallest absolute Gasteiger partial charge is 0.382 e. The van der Waals surface area contributed by atoms with Crippen molar-refractivity contribution in [2.24, 2.45) is 0 Å². The number of carbonyl (C=O) groups is 1. The molecular weight excluding hydrogens is 316 g/mol. The predicted octanol–water partition coefficient (Wildman–Crippen LogP) is 2.27. The number of aliphatic hydroxyl groups is 1. The van der Waals surface area contributed by atoms with Crippen LogP contribution in [0.15, 0.2) is 18.2 Å². The minimum atomic E-state index is -4.74. The average Bonchev–Trinajstić information content (AvgIpc) is 2.32. The van der Waals surface area contributed by atoms with Gasteiger partial charge in [-0.05, 0) is 25.2 Å². The number of nitrogens with one attached hydrogen (secondary N) is 1. The highest BCUT2D eigenvalue weighted by atomic mass is 35.5. The van der Waals surface area contributed by atoms with Gasteiger partial charge in [0.15, 0.2) is 6.10 Å². The van der Waals surface area contributed by atoms with Crippen LogP contribution in [0.5, 0.6) is 0 Å². The van der Waals surface area contributed by atoms with Crippen LogP contribution in [0, 0.1) is 5.82 Å². The second-order valence-corrected chi connectivity index (χ2v) is 4.84. The van der Waals surface area contributed by atoms with Crippen LogP contribution in [-0.4, -0.2) is 48.3 Å². The van der Waals surface area contributed by atoms with Gasteiger partial charge >= 0.3 is 6.18 Å². The van der Waals surface area contributed by atoms with Crippen LogP contribution in [0.25, 0.3) is 0 Å². The summed E-state index contributed by atoms with van der Waals surface area (Å²) in [5, 5.41) is 11.0. The molecule has 1 atom stereocenters. The number of likely N-dealkylation sites (N-methyl/N-ethyl adjacent to an activating group) is 1. The van der Waals surface area contributed by atoms with Crippen LogP contribution < -0.4 is 5.32 Å². The van der Waals surface area contributed by atoms with Crippen LogP contribution in [0.2, 0.25) is 5.02 Å². The molecule has 2 N–H and O–H groups in total. The molecule has 21 heavy (non-hydrogen) atoms. The minimum absolute atomic E-state index is 0.186. The third-order valence-electron chi connectivity index (χ3n) is 2.48. The molecule has 1 rings (SSSR count). The van der Waals surface area contributed by atoms with E-state index in [1.807, 2.05) is 0 Å². The zero-order valence-electron chi connectivity index (χ0n) is 10.9. The molecule has 0 heterocycles. The molecular formula is C12H13ClF4N2O2. The summed E-state index contributed by atoms with van der Waals surface area (Å²) in [5.41, 5.74) is 0.219. The topological polar surface area (TPSA) is 52.6 Å². The molecule has 0 saturated carbocycles.